The maximum Gasteiger partial charge on any atom is 0.306 e. The van der Waals surface area contributed by atoms with Crippen LogP contribution in [0.3, 0.4) is 0 Å². The summed E-state index contributed by atoms with van der Waals surface area (Å²) in [5.74, 6) is -0.164. The Labute approximate surface area is 118 Å². The van der Waals surface area contributed by atoms with Crippen molar-refractivity contribution >= 4 is 5.97 Å². The Bertz CT molecular complexity index is 231. The first-order valence-electron chi connectivity index (χ1n) is 7.75. The lowest BCUT2D eigenvalue weighted by molar-refractivity contribution is -0.155. The van der Waals surface area contributed by atoms with Crippen LogP contribution < -0.4 is 0 Å². The van der Waals surface area contributed by atoms with Gasteiger partial charge < -0.3 is 9.84 Å². The van der Waals surface area contributed by atoms with Crippen molar-refractivity contribution in [2.75, 3.05) is 0 Å². The normalized spacial score (nSPS) is 13.3. The molecule has 3 heteroatoms. The van der Waals surface area contributed by atoms with Crippen LogP contribution in [-0.2, 0) is 9.53 Å². The second-order valence-corrected chi connectivity index (χ2v) is 6.34. The molecule has 1 atom stereocenters. The largest absolute Gasteiger partial charge is 0.460 e. The van der Waals surface area contributed by atoms with Gasteiger partial charge in [0.25, 0.3) is 0 Å². The molecule has 0 saturated heterocycles. The zero-order valence-electron chi connectivity index (χ0n) is 13.2. The molecule has 0 unspecified atom stereocenters. The van der Waals surface area contributed by atoms with Crippen LogP contribution in [0, 0.1) is 0 Å². The van der Waals surface area contributed by atoms with E-state index in [9.17, 15) is 9.90 Å². The van der Waals surface area contributed by atoms with Gasteiger partial charge in [-0.15, -0.1) is 0 Å². The molecule has 0 amide bonds. The first-order valence-corrected chi connectivity index (χ1v) is 7.75. The van der Waals surface area contributed by atoms with Crippen molar-refractivity contribution in [3.63, 3.8) is 0 Å². The lowest BCUT2D eigenvalue weighted by atomic mass is 10.0. The van der Waals surface area contributed by atoms with Crippen LogP contribution in [0.25, 0.3) is 0 Å². The molecule has 0 aliphatic rings. The van der Waals surface area contributed by atoms with Gasteiger partial charge in [0.2, 0.25) is 0 Å². The third-order valence-electron chi connectivity index (χ3n) is 2.98. The number of carbonyl (C=O) groups excluding carboxylic acids is 1. The van der Waals surface area contributed by atoms with Crippen molar-refractivity contribution in [1.29, 1.82) is 0 Å². The molecular formula is C16H32O3. The molecule has 0 heterocycles. The zero-order valence-corrected chi connectivity index (χ0v) is 13.2. The van der Waals surface area contributed by atoms with E-state index in [0.29, 0.717) is 19.3 Å². The lowest BCUT2D eigenvalue weighted by Gasteiger charge is -2.19. The van der Waals surface area contributed by atoms with Crippen LogP contribution in [0.2, 0.25) is 0 Å². The molecule has 0 aliphatic carbocycles. The van der Waals surface area contributed by atoms with Gasteiger partial charge in [0.15, 0.2) is 0 Å². The standard InChI is InChI=1S/C16H32O3/c1-5-6-7-8-9-11-14(17)12-10-13-15(18)19-16(2,3)4/h14,17H,5-13H2,1-4H3/t14-/m1/s1. The average Bonchev–Trinajstić information content (AvgIpc) is 2.26. The number of esters is 1. The Morgan fingerprint density at radius 3 is 2.21 bits per heavy atom. The highest BCUT2D eigenvalue weighted by atomic mass is 16.6. The van der Waals surface area contributed by atoms with Gasteiger partial charge in [0.05, 0.1) is 6.10 Å². The van der Waals surface area contributed by atoms with Gasteiger partial charge in [0.1, 0.15) is 5.60 Å². The number of hydrogen-bond acceptors (Lipinski definition) is 3. The van der Waals surface area contributed by atoms with E-state index in [1.54, 1.807) is 0 Å². The van der Waals surface area contributed by atoms with E-state index in [1.165, 1.54) is 25.7 Å². The first kappa shape index (κ1) is 18.4. The summed E-state index contributed by atoms with van der Waals surface area (Å²) in [5.41, 5.74) is -0.408. The van der Waals surface area contributed by atoms with Gasteiger partial charge in [-0.2, -0.15) is 0 Å². The van der Waals surface area contributed by atoms with Crippen molar-refractivity contribution in [3.8, 4) is 0 Å². The number of aliphatic hydroxyl groups excluding tert-OH is 1. The summed E-state index contributed by atoms with van der Waals surface area (Å²) in [6.45, 7) is 7.81. The van der Waals surface area contributed by atoms with Crippen molar-refractivity contribution in [1.82, 2.24) is 0 Å². The SMILES string of the molecule is CCCCCCC[C@@H](O)CCCC(=O)OC(C)(C)C. The van der Waals surface area contributed by atoms with Crippen LogP contribution in [0.15, 0.2) is 0 Å². The van der Waals surface area contributed by atoms with Crippen LogP contribution in [0.5, 0.6) is 0 Å². The van der Waals surface area contributed by atoms with E-state index in [1.807, 2.05) is 20.8 Å². The van der Waals surface area contributed by atoms with E-state index in [0.717, 1.165) is 12.8 Å². The van der Waals surface area contributed by atoms with Gasteiger partial charge in [-0.3, -0.25) is 4.79 Å². The Balaban J connectivity index is 3.47. The fraction of sp³-hybridized carbons (Fsp3) is 0.938. The molecule has 0 aromatic carbocycles. The summed E-state index contributed by atoms with van der Waals surface area (Å²) in [6.07, 6.45) is 8.52. The summed E-state index contributed by atoms with van der Waals surface area (Å²) in [6, 6.07) is 0. The minimum Gasteiger partial charge on any atom is -0.460 e. The van der Waals surface area contributed by atoms with Crippen LogP contribution in [0.4, 0.5) is 0 Å². The first-order chi connectivity index (χ1) is 8.85. The van der Waals surface area contributed by atoms with Crippen molar-refractivity contribution in [3.05, 3.63) is 0 Å². The smallest absolute Gasteiger partial charge is 0.306 e. The number of ether oxygens (including phenoxy) is 1. The van der Waals surface area contributed by atoms with Crippen LogP contribution in [0.1, 0.15) is 85.5 Å². The predicted octanol–water partition coefficient (Wildman–Crippen LogP) is 4.22. The number of unbranched alkanes of at least 4 members (excludes halogenated alkanes) is 4. The maximum atomic E-state index is 11.5. The van der Waals surface area contributed by atoms with Gasteiger partial charge in [-0.25, -0.2) is 0 Å². The minimum atomic E-state index is -0.408. The van der Waals surface area contributed by atoms with Crippen molar-refractivity contribution in [2.24, 2.45) is 0 Å². The Morgan fingerprint density at radius 2 is 1.63 bits per heavy atom. The molecule has 0 rings (SSSR count). The van der Waals surface area contributed by atoms with E-state index in [2.05, 4.69) is 6.92 Å². The van der Waals surface area contributed by atoms with E-state index >= 15 is 0 Å². The Hall–Kier alpha value is -0.570. The van der Waals surface area contributed by atoms with Crippen LogP contribution >= 0.6 is 0 Å². The molecule has 0 radical (unpaired) electrons. The van der Waals surface area contributed by atoms with Gasteiger partial charge >= 0.3 is 5.97 Å². The highest BCUT2D eigenvalue weighted by molar-refractivity contribution is 5.69. The highest BCUT2D eigenvalue weighted by Gasteiger charge is 2.16. The van der Waals surface area contributed by atoms with Gasteiger partial charge in [-0.05, 0) is 40.0 Å². The number of aliphatic hydroxyl groups is 1. The monoisotopic (exact) mass is 272 g/mol. The Morgan fingerprint density at radius 1 is 1.05 bits per heavy atom. The predicted molar refractivity (Wildman–Crippen MR) is 79.1 cm³/mol. The third kappa shape index (κ3) is 13.7. The molecule has 0 aliphatic heterocycles. The summed E-state index contributed by atoms with van der Waals surface area (Å²) >= 11 is 0. The van der Waals surface area contributed by atoms with Gasteiger partial charge in [0, 0.05) is 6.42 Å². The molecule has 0 bridgehead atoms. The fourth-order valence-electron chi connectivity index (χ4n) is 2.00. The molecule has 0 aromatic rings. The summed E-state index contributed by atoms with van der Waals surface area (Å²) in [7, 11) is 0. The molecule has 0 aromatic heterocycles. The molecule has 114 valence electrons. The van der Waals surface area contributed by atoms with Crippen molar-refractivity contribution < 1.29 is 14.6 Å². The molecule has 19 heavy (non-hydrogen) atoms. The quantitative estimate of drug-likeness (QED) is 0.478. The second kappa shape index (κ2) is 10.2. The maximum absolute atomic E-state index is 11.5. The molecule has 0 fully saturated rings. The third-order valence-corrected chi connectivity index (χ3v) is 2.98. The second-order valence-electron chi connectivity index (χ2n) is 6.34. The molecule has 0 saturated carbocycles. The Kier molecular flexibility index (Phi) is 9.94. The molecular weight excluding hydrogens is 240 g/mol. The number of hydrogen-bond donors (Lipinski definition) is 1. The summed E-state index contributed by atoms with van der Waals surface area (Å²) in [4.78, 5) is 11.5. The molecule has 1 N–H and O–H groups in total. The summed E-state index contributed by atoms with van der Waals surface area (Å²) < 4.78 is 5.22. The summed E-state index contributed by atoms with van der Waals surface area (Å²) in [5, 5.41) is 9.80. The average molecular weight is 272 g/mol. The van der Waals surface area contributed by atoms with Crippen molar-refractivity contribution in [2.45, 2.75) is 97.2 Å². The lowest BCUT2D eigenvalue weighted by Crippen LogP contribution is -2.23. The minimum absolute atomic E-state index is 0.164. The number of carbonyl (C=O) groups is 1. The fourth-order valence-corrected chi connectivity index (χ4v) is 2.00. The highest BCUT2D eigenvalue weighted by Crippen LogP contribution is 2.13. The zero-order chi connectivity index (χ0) is 14.7. The molecule has 3 nitrogen and oxygen atoms in total. The van der Waals surface area contributed by atoms with Gasteiger partial charge in [-0.1, -0.05) is 39.0 Å². The number of rotatable bonds is 10. The molecule has 0 spiro atoms. The van der Waals surface area contributed by atoms with Crippen LogP contribution in [-0.4, -0.2) is 22.8 Å². The topological polar surface area (TPSA) is 46.5 Å². The van der Waals surface area contributed by atoms with E-state index in [-0.39, 0.29) is 12.1 Å². The van der Waals surface area contributed by atoms with E-state index in [4.69, 9.17) is 4.74 Å². The van der Waals surface area contributed by atoms with E-state index < -0.39 is 5.60 Å².